The van der Waals surface area contributed by atoms with Crippen molar-refractivity contribution >= 4 is 5.91 Å². The molecular weight excluding hydrogens is 331 g/mol. The lowest BCUT2D eigenvalue weighted by atomic mass is 9.83. The molecule has 2 heterocycles. The molecule has 5 nitrogen and oxygen atoms in total. The molecule has 0 aliphatic carbocycles. The summed E-state index contributed by atoms with van der Waals surface area (Å²) >= 11 is 0. The first-order valence-corrected chi connectivity index (χ1v) is 8.19. The molecule has 132 valence electrons. The molecule has 3 aromatic rings. The van der Waals surface area contributed by atoms with E-state index in [2.05, 4.69) is 15.3 Å². The van der Waals surface area contributed by atoms with Gasteiger partial charge in [-0.3, -0.25) is 20.1 Å². The molecule has 0 radical (unpaired) electrons. The normalized spacial score (nSPS) is 13.1. The minimum Gasteiger partial charge on any atom is -0.368 e. The number of carbonyl (C=O) groups is 1. The van der Waals surface area contributed by atoms with Gasteiger partial charge in [-0.25, -0.2) is 4.39 Å². The fraction of sp³-hybridized carbons (Fsp3) is 0.150. The molecule has 2 aromatic heterocycles. The second-order valence-corrected chi connectivity index (χ2v) is 6.03. The maximum atomic E-state index is 13.9. The number of hydrogen-bond donors (Lipinski definition) is 2. The van der Waals surface area contributed by atoms with Gasteiger partial charge in [0, 0.05) is 37.8 Å². The maximum absolute atomic E-state index is 13.9. The van der Waals surface area contributed by atoms with E-state index < -0.39 is 17.3 Å². The largest absolute Gasteiger partial charge is 0.368 e. The smallest absolute Gasteiger partial charge is 0.242 e. The van der Waals surface area contributed by atoms with E-state index in [1.807, 2.05) is 18.2 Å². The summed E-state index contributed by atoms with van der Waals surface area (Å²) in [5.41, 5.74) is 6.77. The minimum atomic E-state index is -1.27. The topological polar surface area (TPSA) is 80.9 Å². The summed E-state index contributed by atoms with van der Waals surface area (Å²) in [5, 5.41) is 3.24. The maximum Gasteiger partial charge on any atom is 0.242 e. The third-order valence-corrected chi connectivity index (χ3v) is 4.27. The fourth-order valence-electron chi connectivity index (χ4n) is 2.90. The van der Waals surface area contributed by atoms with Crippen molar-refractivity contribution in [3.8, 4) is 0 Å². The van der Waals surface area contributed by atoms with Crippen LogP contribution in [0.1, 0.15) is 16.7 Å². The zero-order valence-corrected chi connectivity index (χ0v) is 14.1. The van der Waals surface area contributed by atoms with Gasteiger partial charge >= 0.3 is 0 Å². The van der Waals surface area contributed by atoms with Crippen molar-refractivity contribution in [2.45, 2.75) is 18.5 Å². The number of carbonyl (C=O) groups excluding carboxylic acids is 1. The average molecular weight is 350 g/mol. The van der Waals surface area contributed by atoms with Crippen LogP contribution in [0.2, 0.25) is 0 Å². The zero-order valence-electron chi connectivity index (χ0n) is 14.1. The Labute approximate surface area is 151 Å². The van der Waals surface area contributed by atoms with Crippen LogP contribution in [-0.2, 0) is 23.3 Å². The molecule has 3 rings (SSSR count). The molecule has 0 aliphatic rings. The van der Waals surface area contributed by atoms with Gasteiger partial charge in [-0.15, -0.1) is 0 Å². The van der Waals surface area contributed by atoms with E-state index in [1.165, 1.54) is 12.1 Å². The highest BCUT2D eigenvalue weighted by molar-refractivity contribution is 5.86. The third kappa shape index (κ3) is 3.92. The highest BCUT2D eigenvalue weighted by atomic mass is 19.1. The average Bonchev–Trinajstić information content (AvgIpc) is 2.66. The van der Waals surface area contributed by atoms with Gasteiger partial charge in [0.15, 0.2) is 0 Å². The number of primary amides is 1. The Balaban J connectivity index is 2.01. The molecule has 0 spiro atoms. The number of amides is 1. The van der Waals surface area contributed by atoms with Crippen molar-refractivity contribution < 1.29 is 9.18 Å². The predicted molar refractivity (Wildman–Crippen MR) is 96.3 cm³/mol. The van der Waals surface area contributed by atoms with E-state index in [9.17, 15) is 9.18 Å². The third-order valence-electron chi connectivity index (χ3n) is 4.27. The monoisotopic (exact) mass is 350 g/mol. The molecular formula is C20H19FN4O. The van der Waals surface area contributed by atoms with Gasteiger partial charge in [0.25, 0.3) is 0 Å². The quantitative estimate of drug-likeness (QED) is 0.685. The summed E-state index contributed by atoms with van der Waals surface area (Å²) < 4.78 is 13.9. The van der Waals surface area contributed by atoms with Gasteiger partial charge in [0.05, 0.1) is 0 Å². The van der Waals surface area contributed by atoms with E-state index in [4.69, 9.17) is 5.73 Å². The second-order valence-electron chi connectivity index (χ2n) is 6.03. The zero-order chi connectivity index (χ0) is 18.4. The molecule has 0 fully saturated rings. The van der Waals surface area contributed by atoms with E-state index >= 15 is 0 Å². The summed E-state index contributed by atoms with van der Waals surface area (Å²) in [5.74, 6) is -1.01. The number of nitrogens with zero attached hydrogens (tertiary/aromatic N) is 2. The Morgan fingerprint density at radius 1 is 1.04 bits per heavy atom. The van der Waals surface area contributed by atoms with Crippen molar-refractivity contribution in [2.75, 3.05) is 0 Å². The summed E-state index contributed by atoms with van der Waals surface area (Å²) in [6.45, 7) is 0.377. The first kappa shape index (κ1) is 17.7. The molecule has 3 N–H and O–H groups in total. The molecule has 0 bridgehead atoms. The van der Waals surface area contributed by atoms with Crippen LogP contribution in [0.5, 0.6) is 0 Å². The summed E-state index contributed by atoms with van der Waals surface area (Å²) in [6.07, 6.45) is 6.93. The van der Waals surface area contributed by atoms with E-state index in [1.54, 1.807) is 43.0 Å². The molecule has 1 aromatic carbocycles. The van der Waals surface area contributed by atoms with Crippen LogP contribution in [-0.4, -0.2) is 15.9 Å². The molecule has 26 heavy (non-hydrogen) atoms. The van der Waals surface area contributed by atoms with Crippen LogP contribution in [0, 0.1) is 5.82 Å². The van der Waals surface area contributed by atoms with Gasteiger partial charge in [-0.2, -0.15) is 0 Å². The van der Waals surface area contributed by atoms with Crippen LogP contribution in [0.3, 0.4) is 0 Å². The second kappa shape index (κ2) is 7.84. The van der Waals surface area contributed by atoms with Crippen molar-refractivity contribution in [1.82, 2.24) is 15.3 Å². The fourth-order valence-corrected chi connectivity index (χ4v) is 2.90. The Bertz CT molecular complexity index is 873. The molecule has 1 amide bonds. The lowest BCUT2D eigenvalue weighted by molar-refractivity contribution is -0.125. The van der Waals surface area contributed by atoms with Crippen molar-refractivity contribution in [3.63, 3.8) is 0 Å². The molecule has 6 heteroatoms. The van der Waals surface area contributed by atoms with Gasteiger partial charge in [-0.05, 0) is 47.0 Å². The molecule has 1 atom stereocenters. The number of pyridine rings is 2. The van der Waals surface area contributed by atoms with Crippen molar-refractivity contribution in [2.24, 2.45) is 5.73 Å². The first-order chi connectivity index (χ1) is 12.6. The number of rotatable bonds is 7. The van der Waals surface area contributed by atoms with Crippen molar-refractivity contribution in [1.29, 1.82) is 0 Å². The van der Waals surface area contributed by atoms with Crippen LogP contribution in [0.25, 0.3) is 0 Å². The number of hydrogen-bond acceptors (Lipinski definition) is 4. The molecule has 0 saturated carbocycles. The SMILES string of the molecule is NC(=O)C(Cc1cccnc1)(NCc1ccncc1)c1cccc(F)c1. The van der Waals surface area contributed by atoms with Crippen LogP contribution in [0.15, 0.2) is 73.3 Å². The number of aromatic nitrogens is 2. The van der Waals surface area contributed by atoms with Crippen LogP contribution < -0.4 is 11.1 Å². The standard InChI is InChI=1S/C20H19FN4O/c21-18-5-1-4-17(11-18)20(19(22)26,12-16-3-2-8-24-13-16)25-14-15-6-9-23-10-7-15/h1-11,13,25H,12,14H2,(H2,22,26). The van der Waals surface area contributed by atoms with Crippen molar-refractivity contribution in [3.05, 3.63) is 95.8 Å². The van der Waals surface area contributed by atoms with Crippen LogP contribution >= 0.6 is 0 Å². The van der Waals surface area contributed by atoms with Gasteiger partial charge in [0.2, 0.25) is 5.91 Å². The highest BCUT2D eigenvalue weighted by Crippen LogP contribution is 2.27. The Kier molecular flexibility index (Phi) is 5.34. The minimum absolute atomic E-state index is 0.255. The van der Waals surface area contributed by atoms with Crippen LogP contribution in [0.4, 0.5) is 4.39 Å². The number of nitrogens with one attached hydrogen (secondary N) is 1. The molecule has 0 aliphatic heterocycles. The van der Waals surface area contributed by atoms with E-state index in [-0.39, 0.29) is 6.42 Å². The Morgan fingerprint density at radius 3 is 2.50 bits per heavy atom. The van der Waals surface area contributed by atoms with Gasteiger partial charge < -0.3 is 5.73 Å². The summed E-state index contributed by atoms with van der Waals surface area (Å²) in [7, 11) is 0. The van der Waals surface area contributed by atoms with E-state index in [0.717, 1.165) is 11.1 Å². The number of nitrogens with two attached hydrogens (primary N) is 1. The Morgan fingerprint density at radius 2 is 1.85 bits per heavy atom. The first-order valence-electron chi connectivity index (χ1n) is 8.19. The predicted octanol–water partition coefficient (Wildman–Crippen LogP) is 2.33. The molecule has 0 saturated heterocycles. The lowest BCUT2D eigenvalue weighted by Crippen LogP contribution is -2.54. The van der Waals surface area contributed by atoms with Gasteiger partial charge in [0.1, 0.15) is 11.4 Å². The number of halogens is 1. The van der Waals surface area contributed by atoms with Gasteiger partial charge in [-0.1, -0.05) is 18.2 Å². The number of benzene rings is 1. The summed E-state index contributed by atoms with van der Waals surface area (Å²) in [4.78, 5) is 20.6. The van der Waals surface area contributed by atoms with E-state index in [0.29, 0.717) is 12.1 Å². The summed E-state index contributed by atoms with van der Waals surface area (Å²) in [6, 6.07) is 13.3. The lowest BCUT2D eigenvalue weighted by Gasteiger charge is -2.33. The molecule has 1 unspecified atom stereocenters. The highest BCUT2D eigenvalue weighted by Gasteiger charge is 2.38. The Hall–Kier alpha value is -3.12.